The van der Waals surface area contributed by atoms with Gasteiger partial charge >= 0.3 is 0 Å². The van der Waals surface area contributed by atoms with E-state index in [9.17, 15) is 0 Å². The topological polar surface area (TPSA) is 127 Å². The fraction of sp³-hybridized carbons (Fsp3) is 0.400. The quantitative estimate of drug-likeness (QED) is 0.527. The van der Waals surface area contributed by atoms with Crippen molar-refractivity contribution in [2.45, 2.75) is 12.8 Å². The molecule has 0 unspecified atom stereocenters. The maximum absolute atomic E-state index is 9.02. The Bertz CT molecular complexity index is 714. The summed E-state index contributed by atoms with van der Waals surface area (Å²) in [5, 5.41) is 18.0. The Kier molecular flexibility index (Phi) is 12.9. The lowest BCUT2D eigenvalue weighted by Crippen LogP contribution is -2.14. The Morgan fingerprint density at radius 1 is 0.690 bits per heavy atom. The Morgan fingerprint density at radius 3 is 1.14 bits per heavy atom. The highest BCUT2D eigenvalue weighted by Gasteiger charge is 1.95. The number of rotatable bonds is 6. The molecule has 0 atom stereocenters. The highest BCUT2D eigenvalue weighted by Crippen LogP contribution is 2.10. The van der Waals surface area contributed by atoms with Gasteiger partial charge in [0, 0.05) is 23.5 Å². The molecule has 29 heavy (non-hydrogen) atoms. The molecule has 2 rings (SSSR count). The Balaban J connectivity index is 0.000000442. The van der Waals surface area contributed by atoms with E-state index >= 15 is 0 Å². The first-order valence-electron chi connectivity index (χ1n) is 8.89. The zero-order valence-electron chi connectivity index (χ0n) is 17.3. The molecule has 0 aliphatic heterocycles. The number of aromatic hydroxyl groups is 2. The number of phenolic OH excluding ortho intramolecular Hbond substituents is 2. The van der Waals surface area contributed by atoms with Gasteiger partial charge in [0.05, 0.1) is 0 Å². The van der Waals surface area contributed by atoms with Crippen LogP contribution < -0.4 is 0 Å². The minimum absolute atomic E-state index is 0.337. The van der Waals surface area contributed by atoms with Gasteiger partial charge in [-0.2, -0.15) is 0 Å². The molecule has 0 aliphatic rings. The minimum atomic E-state index is -5.17. The molecule has 2 N–H and O–H groups in total. The lowest BCUT2D eigenvalue weighted by molar-refractivity contribution is 0.352. The van der Waals surface area contributed by atoms with E-state index in [1.807, 2.05) is 24.3 Å². The average Bonchev–Trinajstić information content (AvgIpc) is 2.60. The van der Waals surface area contributed by atoms with E-state index < -0.39 is 10.4 Å². The van der Waals surface area contributed by atoms with E-state index in [1.165, 1.54) is 11.1 Å². The number of hydrogen-bond acceptors (Lipinski definition) is 8. The Morgan fingerprint density at radius 2 is 0.931 bits per heavy atom. The van der Waals surface area contributed by atoms with Crippen molar-refractivity contribution in [1.82, 2.24) is 9.80 Å². The van der Waals surface area contributed by atoms with Crippen molar-refractivity contribution in [1.29, 1.82) is 0 Å². The molecular formula is C20H30N2O6S-2. The summed E-state index contributed by atoms with van der Waals surface area (Å²) < 4.78 is 34.1. The zero-order chi connectivity index (χ0) is 22.4. The lowest BCUT2D eigenvalue weighted by Gasteiger charge is -2.08. The second-order valence-corrected chi connectivity index (χ2v) is 7.66. The predicted molar refractivity (Wildman–Crippen MR) is 111 cm³/mol. The fourth-order valence-electron chi connectivity index (χ4n) is 2.03. The predicted octanol–water partition coefficient (Wildman–Crippen LogP) is 1.65. The van der Waals surface area contributed by atoms with Crippen molar-refractivity contribution in [2.24, 2.45) is 0 Å². The summed E-state index contributed by atoms with van der Waals surface area (Å²) in [6.45, 7) is 2.09. The molecule has 0 radical (unpaired) electrons. The standard InChI is InChI=1S/2C10H15NO.H2O4S/c2*1-11(2)8-7-9-3-5-10(12)6-4-9;1-5(2,3)4/h2*3-6,12H,7-8H2,1-2H3;(H2,1,2,3,4)/p-2. The van der Waals surface area contributed by atoms with Gasteiger partial charge in [0.2, 0.25) is 0 Å². The van der Waals surface area contributed by atoms with Gasteiger partial charge in [-0.3, -0.25) is 8.42 Å². The van der Waals surface area contributed by atoms with E-state index in [0.29, 0.717) is 11.5 Å². The van der Waals surface area contributed by atoms with Crippen LogP contribution in [-0.2, 0) is 23.2 Å². The summed E-state index contributed by atoms with van der Waals surface area (Å²) in [5.41, 5.74) is 2.53. The first kappa shape index (κ1) is 26.8. The van der Waals surface area contributed by atoms with Gasteiger partial charge < -0.3 is 29.1 Å². The van der Waals surface area contributed by atoms with Gasteiger partial charge in [-0.15, -0.1) is 0 Å². The van der Waals surface area contributed by atoms with Crippen molar-refractivity contribution >= 4 is 10.4 Å². The molecule has 2 aromatic carbocycles. The molecule has 0 amide bonds. The van der Waals surface area contributed by atoms with Crippen molar-refractivity contribution in [3.05, 3.63) is 59.7 Å². The number of hydrogen-bond donors (Lipinski definition) is 2. The summed E-state index contributed by atoms with van der Waals surface area (Å²) in [6.07, 6.45) is 2.07. The van der Waals surface area contributed by atoms with Crippen LogP contribution in [0, 0.1) is 0 Å². The third-order valence-corrected chi connectivity index (χ3v) is 3.57. The minimum Gasteiger partial charge on any atom is -0.759 e. The maximum atomic E-state index is 9.02. The molecular weight excluding hydrogens is 396 g/mol. The highest BCUT2D eigenvalue weighted by molar-refractivity contribution is 7.79. The second-order valence-electron chi connectivity index (χ2n) is 6.85. The van der Waals surface area contributed by atoms with E-state index in [0.717, 1.165) is 25.9 Å². The van der Waals surface area contributed by atoms with Crippen molar-refractivity contribution < 1.29 is 27.7 Å². The molecule has 0 spiro atoms. The van der Waals surface area contributed by atoms with Crippen LogP contribution in [-0.4, -0.2) is 78.8 Å². The first-order valence-corrected chi connectivity index (χ1v) is 10.2. The number of likely N-dealkylation sites (N-methyl/N-ethyl adjacent to an activating group) is 2. The Hall–Kier alpha value is -2.17. The van der Waals surface area contributed by atoms with Gasteiger partial charge in [-0.1, -0.05) is 24.3 Å². The largest absolute Gasteiger partial charge is 0.759 e. The van der Waals surface area contributed by atoms with Crippen LogP contribution in [0.4, 0.5) is 0 Å². The number of nitrogens with zero attached hydrogens (tertiary/aromatic N) is 2. The second kappa shape index (κ2) is 13.9. The smallest absolute Gasteiger partial charge is 0.115 e. The monoisotopic (exact) mass is 426 g/mol. The van der Waals surface area contributed by atoms with Crippen LogP contribution in [0.3, 0.4) is 0 Å². The highest BCUT2D eigenvalue weighted by atomic mass is 32.3. The van der Waals surface area contributed by atoms with E-state index in [2.05, 4.69) is 38.0 Å². The Labute approximate surface area is 173 Å². The molecule has 0 saturated carbocycles. The molecule has 164 valence electrons. The van der Waals surface area contributed by atoms with Crippen LogP contribution in [0.5, 0.6) is 11.5 Å². The zero-order valence-corrected chi connectivity index (χ0v) is 18.1. The normalized spacial score (nSPS) is 10.8. The molecule has 0 heterocycles. The van der Waals surface area contributed by atoms with Gasteiger partial charge in [-0.25, -0.2) is 0 Å². The van der Waals surface area contributed by atoms with Crippen LogP contribution in [0.2, 0.25) is 0 Å². The summed E-state index contributed by atoms with van der Waals surface area (Å²) in [4.78, 5) is 4.29. The lowest BCUT2D eigenvalue weighted by atomic mass is 10.1. The van der Waals surface area contributed by atoms with Crippen LogP contribution in [0.25, 0.3) is 0 Å². The molecule has 9 heteroatoms. The molecule has 8 nitrogen and oxygen atoms in total. The summed E-state index contributed by atoms with van der Waals surface area (Å²) in [7, 11) is 3.06. The fourth-order valence-corrected chi connectivity index (χ4v) is 2.03. The van der Waals surface area contributed by atoms with Crippen LogP contribution in [0.15, 0.2) is 48.5 Å². The summed E-state index contributed by atoms with van der Waals surface area (Å²) in [6, 6.07) is 14.7. The van der Waals surface area contributed by atoms with Gasteiger partial charge in [0.1, 0.15) is 11.5 Å². The summed E-state index contributed by atoms with van der Waals surface area (Å²) >= 11 is 0. The maximum Gasteiger partial charge on any atom is 0.115 e. The molecule has 2 aromatic rings. The van der Waals surface area contributed by atoms with Gasteiger partial charge in [-0.05, 0) is 76.4 Å². The SMILES string of the molecule is CN(C)CCc1ccc(O)cc1.CN(C)CCc1ccc(O)cc1.O=S(=O)([O-])[O-]. The van der Waals surface area contributed by atoms with Crippen molar-refractivity contribution in [3.8, 4) is 11.5 Å². The van der Waals surface area contributed by atoms with E-state index in [-0.39, 0.29) is 0 Å². The third-order valence-electron chi connectivity index (χ3n) is 3.57. The number of benzene rings is 2. The van der Waals surface area contributed by atoms with Crippen molar-refractivity contribution in [2.75, 3.05) is 41.3 Å². The number of phenols is 2. The van der Waals surface area contributed by atoms with Gasteiger partial charge in [0.15, 0.2) is 0 Å². The van der Waals surface area contributed by atoms with E-state index in [4.69, 9.17) is 27.7 Å². The summed E-state index contributed by atoms with van der Waals surface area (Å²) in [5.74, 6) is 0.673. The molecule has 0 aromatic heterocycles. The van der Waals surface area contributed by atoms with Gasteiger partial charge in [0.25, 0.3) is 0 Å². The molecule has 0 aliphatic carbocycles. The van der Waals surface area contributed by atoms with Crippen LogP contribution in [0.1, 0.15) is 11.1 Å². The first-order chi connectivity index (χ1) is 13.4. The molecule has 0 bridgehead atoms. The van der Waals surface area contributed by atoms with Crippen molar-refractivity contribution in [3.63, 3.8) is 0 Å². The van der Waals surface area contributed by atoms with E-state index in [1.54, 1.807) is 24.3 Å². The van der Waals surface area contributed by atoms with Crippen LogP contribution >= 0.6 is 0 Å². The average molecular weight is 427 g/mol. The third kappa shape index (κ3) is 18.9. The molecule has 0 saturated heterocycles. The molecule has 0 fully saturated rings.